The molecule has 3 aromatic rings. The average Bonchev–Trinajstić information content (AvgIpc) is 2.98. The van der Waals surface area contributed by atoms with E-state index in [-0.39, 0.29) is 12.8 Å². The summed E-state index contributed by atoms with van der Waals surface area (Å²) < 4.78 is 28.2. The Labute approximate surface area is 150 Å². The zero-order valence-electron chi connectivity index (χ0n) is 15.0. The van der Waals surface area contributed by atoms with Crippen LogP contribution in [0.5, 0.6) is 0 Å². The minimum absolute atomic E-state index is 0.0630. The molecule has 0 radical (unpaired) electrons. The molecule has 4 nitrogen and oxygen atoms in total. The Morgan fingerprint density at radius 3 is 2.42 bits per heavy atom. The van der Waals surface area contributed by atoms with E-state index < -0.39 is 17.4 Å². The Hall–Kier alpha value is -2.34. The summed E-state index contributed by atoms with van der Waals surface area (Å²) in [5, 5.41) is 18.4. The second kappa shape index (κ2) is 5.58. The SMILES string of the molecule is Cc1c(-c2ccc(C(C)(C)O)cc2)ccn2c(CC3CC3(F)F)nnc12. The van der Waals surface area contributed by atoms with Gasteiger partial charge in [-0.1, -0.05) is 24.3 Å². The lowest BCUT2D eigenvalue weighted by Gasteiger charge is -2.18. The zero-order chi connectivity index (χ0) is 18.7. The largest absolute Gasteiger partial charge is 0.386 e. The van der Waals surface area contributed by atoms with E-state index in [4.69, 9.17) is 0 Å². The van der Waals surface area contributed by atoms with Crippen molar-refractivity contribution in [2.75, 3.05) is 0 Å². The number of alkyl halides is 2. The van der Waals surface area contributed by atoms with Gasteiger partial charge in [-0.05, 0) is 43.5 Å². The van der Waals surface area contributed by atoms with Crippen LogP contribution >= 0.6 is 0 Å². The van der Waals surface area contributed by atoms with Crippen LogP contribution < -0.4 is 0 Å². The zero-order valence-corrected chi connectivity index (χ0v) is 15.0. The first-order chi connectivity index (χ1) is 12.2. The van der Waals surface area contributed by atoms with Gasteiger partial charge in [0.2, 0.25) is 0 Å². The van der Waals surface area contributed by atoms with E-state index in [9.17, 15) is 13.9 Å². The van der Waals surface area contributed by atoms with Gasteiger partial charge in [-0.25, -0.2) is 8.78 Å². The Morgan fingerprint density at radius 2 is 1.85 bits per heavy atom. The molecule has 1 aromatic carbocycles. The Bertz CT molecular complexity index is 971. The van der Waals surface area contributed by atoms with Gasteiger partial charge in [0.05, 0.1) is 5.60 Å². The number of fused-ring (bicyclic) bond motifs is 1. The molecule has 26 heavy (non-hydrogen) atoms. The minimum Gasteiger partial charge on any atom is -0.386 e. The van der Waals surface area contributed by atoms with Crippen molar-refractivity contribution in [3.63, 3.8) is 0 Å². The second-order valence-electron chi connectivity index (χ2n) is 7.67. The van der Waals surface area contributed by atoms with E-state index in [2.05, 4.69) is 10.2 Å². The maximum Gasteiger partial charge on any atom is 0.252 e. The van der Waals surface area contributed by atoms with E-state index in [0.717, 1.165) is 22.3 Å². The van der Waals surface area contributed by atoms with E-state index in [1.54, 1.807) is 18.2 Å². The van der Waals surface area contributed by atoms with Gasteiger partial charge in [-0.3, -0.25) is 4.40 Å². The molecule has 1 aliphatic rings. The predicted molar refractivity (Wildman–Crippen MR) is 95.2 cm³/mol. The lowest BCUT2D eigenvalue weighted by atomic mass is 9.94. The van der Waals surface area contributed by atoms with Crippen LogP contribution in [0.1, 0.15) is 37.2 Å². The van der Waals surface area contributed by atoms with Gasteiger partial charge in [0.1, 0.15) is 5.82 Å². The molecule has 6 heteroatoms. The number of nitrogens with zero attached hydrogens (tertiary/aromatic N) is 3. The van der Waals surface area contributed by atoms with Crippen molar-refractivity contribution in [2.45, 2.75) is 45.1 Å². The molecule has 2 aromatic heterocycles. The molecule has 0 aliphatic heterocycles. The Kier molecular flexibility index (Phi) is 3.67. The van der Waals surface area contributed by atoms with Gasteiger partial charge in [-0.2, -0.15) is 0 Å². The predicted octanol–water partition coefficient (Wildman–Crippen LogP) is 4.13. The number of hydrogen-bond donors (Lipinski definition) is 1. The first kappa shape index (κ1) is 17.1. The molecule has 0 spiro atoms. The molecule has 1 saturated carbocycles. The van der Waals surface area contributed by atoms with Crippen LogP contribution in [-0.4, -0.2) is 25.6 Å². The summed E-state index contributed by atoms with van der Waals surface area (Å²) >= 11 is 0. The Balaban J connectivity index is 1.68. The molecule has 1 atom stereocenters. The summed E-state index contributed by atoms with van der Waals surface area (Å²) in [4.78, 5) is 0. The van der Waals surface area contributed by atoms with Crippen molar-refractivity contribution in [1.29, 1.82) is 0 Å². The van der Waals surface area contributed by atoms with Crippen LogP contribution in [-0.2, 0) is 12.0 Å². The second-order valence-corrected chi connectivity index (χ2v) is 7.67. The Morgan fingerprint density at radius 1 is 1.19 bits per heavy atom. The summed E-state index contributed by atoms with van der Waals surface area (Å²) in [6.45, 7) is 5.46. The molecule has 1 aliphatic carbocycles. The van der Waals surface area contributed by atoms with E-state index in [1.807, 2.05) is 43.5 Å². The topological polar surface area (TPSA) is 50.4 Å². The van der Waals surface area contributed by atoms with Crippen LogP contribution in [0.25, 0.3) is 16.8 Å². The summed E-state index contributed by atoms with van der Waals surface area (Å²) in [5.41, 5.74) is 3.62. The van der Waals surface area contributed by atoms with Crippen LogP contribution in [0.15, 0.2) is 36.5 Å². The maximum absolute atomic E-state index is 13.2. The number of benzene rings is 1. The third kappa shape index (κ3) is 2.88. The molecule has 0 amide bonds. The van der Waals surface area contributed by atoms with Gasteiger partial charge in [0.15, 0.2) is 5.65 Å². The van der Waals surface area contributed by atoms with Crippen molar-refractivity contribution in [1.82, 2.24) is 14.6 Å². The highest BCUT2D eigenvalue weighted by Gasteiger charge is 2.56. The highest BCUT2D eigenvalue weighted by atomic mass is 19.3. The van der Waals surface area contributed by atoms with Crippen molar-refractivity contribution < 1.29 is 13.9 Å². The van der Waals surface area contributed by atoms with E-state index >= 15 is 0 Å². The van der Waals surface area contributed by atoms with Crippen molar-refractivity contribution in [3.8, 4) is 11.1 Å². The summed E-state index contributed by atoms with van der Waals surface area (Å²) in [6.07, 6.45) is 2.02. The van der Waals surface area contributed by atoms with Crippen LogP contribution in [0, 0.1) is 12.8 Å². The lowest BCUT2D eigenvalue weighted by molar-refractivity contribution is 0.0786. The number of aryl methyl sites for hydroxylation is 1. The van der Waals surface area contributed by atoms with Gasteiger partial charge >= 0.3 is 0 Å². The highest BCUT2D eigenvalue weighted by molar-refractivity contribution is 5.73. The van der Waals surface area contributed by atoms with Crippen molar-refractivity contribution in [3.05, 3.63) is 53.5 Å². The smallest absolute Gasteiger partial charge is 0.252 e. The molecular formula is C20H21F2N3O. The molecule has 1 unspecified atom stereocenters. The molecule has 4 rings (SSSR count). The van der Waals surface area contributed by atoms with Gasteiger partial charge in [0, 0.05) is 30.5 Å². The molecule has 136 valence electrons. The molecule has 1 N–H and O–H groups in total. The van der Waals surface area contributed by atoms with E-state index in [1.165, 1.54) is 0 Å². The number of aliphatic hydroxyl groups is 1. The van der Waals surface area contributed by atoms with E-state index in [0.29, 0.717) is 11.5 Å². The average molecular weight is 357 g/mol. The van der Waals surface area contributed by atoms with Crippen molar-refractivity contribution >= 4 is 5.65 Å². The number of aromatic nitrogens is 3. The number of halogens is 2. The number of hydrogen-bond acceptors (Lipinski definition) is 3. The monoisotopic (exact) mass is 357 g/mol. The van der Waals surface area contributed by atoms with Crippen LogP contribution in [0.2, 0.25) is 0 Å². The molecule has 0 saturated heterocycles. The summed E-state index contributed by atoms with van der Waals surface area (Å²) in [7, 11) is 0. The first-order valence-electron chi connectivity index (χ1n) is 8.71. The van der Waals surface area contributed by atoms with Gasteiger partial charge in [-0.15, -0.1) is 10.2 Å². The van der Waals surface area contributed by atoms with Gasteiger partial charge in [0.25, 0.3) is 5.92 Å². The minimum atomic E-state index is -2.55. The van der Waals surface area contributed by atoms with Gasteiger partial charge < -0.3 is 5.11 Å². The standard InChI is InChI=1S/C20H21F2N3O/c1-12-16(13-4-6-14(7-5-13)19(2,3)26)8-9-25-17(23-24-18(12)25)10-15-11-20(15,21)22/h4-9,15,26H,10-11H2,1-3H3. The molecule has 2 heterocycles. The third-order valence-electron chi connectivity index (χ3n) is 5.18. The summed E-state index contributed by atoms with van der Waals surface area (Å²) in [5.74, 6) is -2.60. The quantitative estimate of drug-likeness (QED) is 0.764. The number of rotatable bonds is 4. The fourth-order valence-corrected chi connectivity index (χ4v) is 3.35. The van der Waals surface area contributed by atoms with Crippen molar-refractivity contribution in [2.24, 2.45) is 5.92 Å². The van der Waals surface area contributed by atoms with Crippen LogP contribution in [0.4, 0.5) is 8.78 Å². The summed E-state index contributed by atoms with van der Waals surface area (Å²) in [6, 6.07) is 9.70. The normalized spacial score (nSPS) is 19.1. The molecular weight excluding hydrogens is 336 g/mol. The molecule has 1 fully saturated rings. The fraction of sp³-hybridized carbons (Fsp3) is 0.400. The lowest BCUT2D eigenvalue weighted by Crippen LogP contribution is -2.14. The molecule has 0 bridgehead atoms. The number of pyridine rings is 1. The highest BCUT2D eigenvalue weighted by Crippen LogP contribution is 2.50. The first-order valence-corrected chi connectivity index (χ1v) is 8.71. The fourth-order valence-electron chi connectivity index (χ4n) is 3.35. The third-order valence-corrected chi connectivity index (χ3v) is 5.18. The van der Waals surface area contributed by atoms with Crippen LogP contribution in [0.3, 0.4) is 0 Å². The maximum atomic E-state index is 13.2.